The van der Waals surface area contributed by atoms with Gasteiger partial charge in [0.2, 0.25) is 11.8 Å². The van der Waals surface area contributed by atoms with Crippen LogP contribution in [-0.2, 0) is 0 Å². The molecule has 0 saturated carbocycles. The van der Waals surface area contributed by atoms with E-state index in [1.54, 1.807) is 19.2 Å². The van der Waals surface area contributed by atoms with Crippen LogP contribution >= 0.6 is 0 Å². The fourth-order valence-electron chi connectivity index (χ4n) is 2.72. The van der Waals surface area contributed by atoms with Crippen molar-refractivity contribution in [3.8, 4) is 29.0 Å². The van der Waals surface area contributed by atoms with Crippen molar-refractivity contribution in [1.29, 1.82) is 0 Å². The maximum atomic E-state index is 6.20. The second-order valence-electron chi connectivity index (χ2n) is 5.73. The lowest BCUT2D eigenvalue weighted by molar-refractivity contribution is 0.373. The molecule has 0 radical (unpaired) electrons. The highest BCUT2D eigenvalue weighted by atomic mass is 16.5. The van der Waals surface area contributed by atoms with E-state index in [1.165, 1.54) is 6.33 Å². The lowest BCUT2D eigenvalue weighted by Crippen LogP contribution is -2.01. The van der Waals surface area contributed by atoms with Gasteiger partial charge in [-0.15, -0.1) is 0 Å². The highest BCUT2D eigenvalue weighted by Gasteiger charge is 2.15. The molecule has 2 N–H and O–H groups in total. The topological polar surface area (TPSA) is 79.5 Å². The van der Waals surface area contributed by atoms with Crippen molar-refractivity contribution in [2.45, 2.75) is 0 Å². The first kappa shape index (κ1) is 16.7. The third kappa shape index (κ3) is 3.32. The predicted octanol–water partition coefficient (Wildman–Crippen LogP) is 4.81. The van der Waals surface area contributed by atoms with Crippen LogP contribution in [0.15, 0.2) is 73.1 Å². The zero-order valence-electron chi connectivity index (χ0n) is 14.6. The zero-order valence-corrected chi connectivity index (χ0v) is 14.6. The van der Waals surface area contributed by atoms with Gasteiger partial charge in [0.1, 0.15) is 12.1 Å². The first-order valence-electron chi connectivity index (χ1n) is 8.33. The van der Waals surface area contributed by atoms with Crippen LogP contribution in [-0.4, -0.2) is 17.1 Å². The van der Waals surface area contributed by atoms with Crippen molar-refractivity contribution >= 4 is 16.5 Å². The number of nitrogen functional groups attached to an aromatic ring is 1. The number of hydrogen-bond acceptors (Lipinski definition) is 6. The van der Waals surface area contributed by atoms with Gasteiger partial charge in [-0.25, -0.2) is 0 Å². The lowest BCUT2D eigenvalue weighted by Gasteiger charge is -2.13. The summed E-state index contributed by atoms with van der Waals surface area (Å²) in [7, 11) is 1.57. The van der Waals surface area contributed by atoms with Crippen LogP contribution in [0.1, 0.15) is 0 Å². The Balaban J connectivity index is 1.68. The van der Waals surface area contributed by atoms with Crippen molar-refractivity contribution in [3.63, 3.8) is 0 Å². The first-order chi connectivity index (χ1) is 13.3. The third-order valence-electron chi connectivity index (χ3n) is 4.04. The van der Waals surface area contributed by atoms with Crippen LogP contribution in [0.25, 0.3) is 10.8 Å². The summed E-state index contributed by atoms with van der Waals surface area (Å²) in [6.45, 7) is 0. The van der Waals surface area contributed by atoms with Gasteiger partial charge in [0.15, 0.2) is 17.2 Å². The molecule has 3 aromatic carbocycles. The van der Waals surface area contributed by atoms with E-state index >= 15 is 0 Å². The Kier molecular flexibility index (Phi) is 4.45. The van der Waals surface area contributed by atoms with E-state index in [0.717, 1.165) is 10.8 Å². The third-order valence-corrected chi connectivity index (χ3v) is 4.04. The average molecular weight is 359 g/mol. The van der Waals surface area contributed by atoms with Gasteiger partial charge in [0.25, 0.3) is 0 Å². The number of anilines is 1. The average Bonchev–Trinajstić information content (AvgIpc) is 2.71. The lowest BCUT2D eigenvalue weighted by atomic mass is 10.1. The Morgan fingerprint density at radius 1 is 0.704 bits per heavy atom. The molecule has 134 valence electrons. The molecule has 1 aromatic heterocycles. The number of benzene rings is 3. The molecule has 6 heteroatoms. The molecule has 0 aliphatic heterocycles. The second kappa shape index (κ2) is 7.21. The van der Waals surface area contributed by atoms with Gasteiger partial charge >= 0.3 is 0 Å². The fraction of sp³-hybridized carbons (Fsp3) is 0.0476. The van der Waals surface area contributed by atoms with Gasteiger partial charge in [-0.2, -0.15) is 9.97 Å². The Labute approximate surface area is 156 Å². The number of hydrogen-bond donors (Lipinski definition) is 1. The number of nitrogens with two attached hydrogens (primary N) is 1. The van der Waals surface area contributed by atoms with Crippen molar-refractivity contribution in [1.82, 2.24) is 9.97 Å². The summed E-state index contributed by atoms with van der Waals surface area (Å²) in [5, 5.41) is 2.03. The zero-order chi connectivity index (χ0) is 18.6. The van der Waals surface area contributed by atoms with Crippen molar-refractivity contribution in [2.75, 3.05) is 12.8 Å². The van der Waals surface area contributed by atoms with Crippen LogP contribution in [0, 0.1) is 0 Å². The summed E-state index contributed by atoms with van der Waals surface area (Å²) < 4.78 is 17.1. The number of fused-ring (bicyclic) bond motifs is 1. The minimum Gasteiger partial charge on any atom is -0.493 e. The molecule has 0 fully saturated rings. The number of methoxy groups -OCH3 is 1. The number of para-hydroxylation sites is 2. The highest BCUT2D eigenvalue weighted by molar-refractivity contribution is 5.88. The minimum atomic E-state index is 0.199. The largest absolute Gasteiger partial charge is 0.493 e. The molecule has 0 aliphatic rings. The van der Waals surface area contributed by atoms with E-state index in [9.17, 15) is 0 Å². The number of aromatic nitrogens is 2. The quantitative estimate of drug-likeness (QED) is 0.551. The molecule has 6 nitrogen and oxygen atoms in total. The SMILES string of the molecule is COc1ccccc1Oc1ncnc(Oc2cccc3ccccc23)c1N. The summed E-state index contributed by atoms with van der Waals surface area (Å²) >= 11 is 0. The van der Waals surface area contributed by atoms with E-state index in [0.29, 0.717) is 17.2 Å². The number of rotatable bonds is 5. The van der Waals surface area contributed by atoms with E-state index in [-0.39, 0.29) is 17.4 Å². The van der Waals surface area contributed by atoms with Crippen LogP contribution in [0.2, 0.25) is 0 Å². The maximum absolute atomic E-state index is 6.20. The van der Waals surface area contributed by atoms with Crippen LogP contribution in [0.4, 0.5) is 5.69 Å². The molecular formula is C21H17N3O3. The molecule has 1 heterocycles. The van der Waals surface area contributed by atoms with E-state index in [4.69, 9.17) is 19.9 Å². The Hall–Kier alpha value is -3.80. The molecule has 0 unspecified atom stereocenters. The molecule has 0 bridgehead atoms. The maximum Gasteiger partial charge on any atom is 0.250 e. The molecule has 27 heavy (non-hydrogen) atoms. The molecule has 0 spiro atoms. The minimum absolute atomic E-state index is 0.199. The standard InChI is InChI=1S/C21H17N3O3/c1-25-17-10-4-5-11-18(17)27-21-19(22)20(23-13-24-21)26-16-12-6-8-14-7-2-3-9-15(14)16/h2-13H,22H2,1H3. The smallest absolute Gasteiger partial charge is 0.250 e. The molecule has 0 amide bonds. The van der Waals surface area contributed by atoms with Crippen molar-refractivity contribution < 1.29 is 14.2 Å². The van der Waals surface area contributed by atoms with Gasteiger partial charge in [0.05, 0.1) is 7.11 Å². The van der Waals surface area contributed by atoms with Gasteiger partial charge in [0, 0.05) is 5.39 Å². The summed E-state index contributed by atoms with van der Waals surface area (Å²) in [4.78, 5) is 8.28. The number of ether oxygens (including phenoxy) is 3. The van der Waals surface area contributed by atoms with Gasteiger partial charge < -0.3 is 19.9 Å². The first-order valence-corrected chi connectivity index (χ1v) is 8.33. The fourth-order valence-corrected chi connectivity index (χ4v) is 2.72. The van der Waals surface area contributed by atoms with Crippen molar-refractivity contribution in [3.05, 3.63) is 73.1 Å². The van der Waals surface area contributed by atoms with Gasteiger partial charge in [-0.3, -0.25) is 0 Å². The molecule has 0 saturated heterocycles. The Morgan fingerprint density at radius 3 is 2.07 bits per heavy atom. The van der Waals surface area contributed by atoms with Crippen LogP contribution < -0.4 is 19.9 Å². The van der Waals surface area contributed by atoms with Gasteiger partial charge in [-0.05, 0) is 23.6 Å². The van der Waals surface area contributed by atoms with Crippen LogP contribution in [0.3, 0.4) is 0 Å². The summed E-state index contributed by atoms with van der Waals surface area (Å²) in [5.41, 5.74) is 6.40. The molecular weight excluding hydrogens is 342 g/mol. The summed E-state index contributed by atoms with van der Waals surface area (Å²) in [6, 6.07) is 21.0. The van der Waals surface area contributed by atoms with Gasteiger partial charge in [-0.1, -0.05) is 48.5 Å². The number of nitrogens with zero attached hydrogens (tertiary/aromatic N) is 2. The van der Waals surface area contributed by atoms with Crippen molar-refractivity contribution in [2.24, 2.45) is 0 Å². The van der Waals surface area contributed by atoms with E-state index in [1.807, 2.05) is 54.6 Å². The predicted molar refractivity (Wildman–Crippen MR) is 104 cm³/mol. The summed E-state index contributed by atoms with van der Waals surface area (Å²) in [6.07, 6.45) is 1.35. The Bertz CT molecular complexity index is 1090. The molecule has 4 rings (SSSR count). The molecule has 0 atom stereocenters. The second-order valence-corrected chi connectivity index (χ2v) is 5.73. The Morgan fingerprint density at radius 2 is 1.30 bits per heavy atom. The molecule has 4 aromatic rings. The van der Waals surface area contributed by atoms with E-state index < -0.39 is 0 Å². The summed E-state index contributed by atoms with van der Waals surface area (Å²) in [5.74, 6) is 2.16. The molecule has 0 aliphatic carbocycles. The monoisotopic (exact) mass is 359 g/mol. The normalized spacial score (nSPS) is 10.6. The van der Waals surface area contributed by atoms with E-state index in [2.05, 4.69) is 9.97 Å². The van der Waals surface area contributed by atoms with Crippen LogP contribution in [0.5, 0.6) is 29.0 Å². The highest BCUT2D eigenvalue weighted by Crippen LogP contribution is 2.37.